The van der Waals surface area contributed by atoms with Gasteiger partial charge < -0.3 is 10.2 Å². The summed E-state index contributed by atoms with van der Waals surface area (Å²) in [5.74, 6) is 0.351. The van der Waals surface area contributed by atoms with Crippen LogP contribution in [-0.4, -0.2) is 22.4 Å². The number of hydrogen-bond acceptors (Lipinski definition) is 2. The van der Waals surface area contributed by atoms with Gasteiger partial charge in [0.05, 0.1) is 12.2 Å². The second-order valence-corrected chi connectivity index (χ2v) is 3.70. The molecular formula is C9H18O2. The van der Waals surface area contributed by atoms with Gasteiger partial charge in [-0.25, -0.2) is 0 Å². The Morgan fingerprint density at radius 1 is 1.36 bits per heavy atom. The van der Waals surface area contributed by atoms with Crippen molar-refractivity contribution in [2.75, 3.05) is 0 Å². The van der Waals surface area contributed by atoms with Crippen LogP contribution in [0.3, 0.4) is 0 Å². The highest BCUT2D eigenvalue weighted by atomic mass is 16.3. The van der Waals surface area contributed by atoms with E-state index in [1.54, 1.807) is 6.92 Å². The second-order valence-electron chi connectivity index (χ2n) is 3.70. The third kappa shape index (κ3) is 2.80. The molecule has 0 amide bonds. The van der Waals surface area contributed by atoms with Gasteiger partial charge in [0.15, 0.2) is 0 Å². The summed E-state index contributed by atoms with van der Waals surface area (Å²) in [5, 5.41) is 18.6. The van der Waals surface area contributed by atoms with Gasteiger partial charge in [-0.3, -0.25) is 0 Å². The summed E-state index contributed by atoms with van der Waals surface area (Å²) in [6.45, 7) is 1.79. The van der Waals surface area contributed by atoms with Crippen LogP contribution in [0.5, 0.6) is 0 Å². The predicted molar refractivity (Wildman–Crippen MR) is 44.3 cm³/mol. The lowest BCUT2D eigenvalue weighted by Gasteiger charge is -2.28. The van der Waals surface area contributed by atoms with Crippen molar-refractivity contribution < 1.29 is 10.2 Å². The van der Waals surface area contributed by atoms with Gasteiger partial charge in [-0.15, -0.1) is 0 Å². The van der Waals surface area contributed by atoms with Crippen LogP contribution in [0.25, 0.3) is 0 Å². The number of rotatable bonds is 2. The van der Waals surface area contributed by atoms with E-state index in [2.05, 4.69) is 0 Å². The first-order chi connectivity index (χ1) is 5.20. The smallest absolute Gasteiger partial charge is 0.0569 e. The van der Waals surface area contributed by atoms with Crippen molar-refractivity contribution in [3.8, 4) is 0 Å². The molecule has 1 rings (SSSR count). The van der Waals surface area contributed by atoms with E-state index in [9.17, 15) is 5.11 Å². The van der Waals surface area contributed by atoms with Gasteiger partial charge in [0.1, 0.15) is 0 Å². The van der Waals surface area contributed by atoms with Crippen LogP contribution in [0.2, 0.25) is 0 Å². The number of aliphatic hydroxyl groups excluding tert-OH is 2. The molecule has 3 atom stereocenters. The minimum Gasteiger partial charge on any atom is -0.393 e. The Labute approximate surface area is 68.2 Å². The van der Waals surface area contributed by atoms with Crippen molar-refractivity contribution in [1.29, 1.82) is 0 Å². The van der Waals surface area contributed by atoms with E-state index in [1.165, 1.54) is 6.42 Å². The standard InChI is InChI=1S/C9H18O2/c1-7(10)6-8-4-2-3-5-9(8)11/h7-11H,2-6H2,1H3/t7?,8-,9-/m0/s1. The molecule has 0 aromatic carbocycles. The first kappa shape index (κ1) is 9.01. The Morgan fingerprint density at radius 3 is 2.55 bits per heavy atom. The van der Waals surface area contributed by atoms with Crippen LogP contribution in [0, 0.1) is 5.92 Å². The number of aliphatic hydroxyl groups is 2. The highest BCUT2D eigenvalue weighted by molar-refractivity contribution is 4.75. The maximum atomic E-state index is 9.51. The number of hydrogen-bond donors (Lipinski definition) is 2. The van der Waals surface area contributed by atoms with E-state index in [0.29, 0.717) is 5.92 Å². The zero-order chi connectivity index (χ0) is 8.27. The second kappa shape index (κ2) is 4.07. The fourth-order valence-electron chi connectivity index (χ4n) is 1.90. The Balaban J connectivity index is 2.29. The van der Waals surface area contributed by atoms with Gasteiger partial charge in [-0.2, -0.15) is 0 Å². The molecule has 0 saturated heterocycles. The molecule has 1 aliphatic carbocycles. The third-order valence-electron chi connectivity index (χ3n) is 2.51. The molecular weight excluding hydrogens is 140 g/mol. The molecule has 11 heavy (non-hydrogen) atoms. The average Bonchev–Trinajstić information content (AvgIpc) is 1.93. The molecule has 0 aromatic rings. The first-order valence-electron chi connectivity index (χ1n) is 4.56. The zero-order valence-electron chi connectivity index (χ0n) is 7.16. The first-order valence-corrected chi connectivity index (χ1v) is 4.56. The molecule has 0 bridgehead atoms. The van der Waals surface area contributed by atoms with Crippen molar-refractivity contribution in [3.63, 3.8) is 0 Å². The van der Waals surface area contributed by atoms with Crippen LogP contribution in [-0.2, 0) is 0 Å². The lowest BCUT2D eigenvalue weighted by atomic mass is 9.83. The molecule has 66 valence electrons. The van der Waals surface area contributed by atoms with Gasteiger partial charge in [-0.05, 0) is 32.1 Å². The zero-order valence-corrected chi connectivity index (χ0v) is 7.16. The SMILES string of the molecule is CC(O)C[C@@H]1CCCC[C@@H]1O. The molecule has 0 aliphatic heterocycles. The Bertz CT molecular complexity index is 112. The summed E-state index contributed by atoms with van der Waals surface area (Å²) in [5.41, 5.74) is 0. The summed E-state index contributed by atoms with van der Waals surface area (Å²) >= 11 is 0. The van der Waals surface area contributed by atoms with Gasteiger partial charge >= 0.3 is 0 Å². The summed E-state index contributed by atoms with van der Waals surface area (Å²) in [4.78, 5) is 0. The molecule has 1 fully saturated rings. The molecule has 0 aromatic heterocycles. The predicted octanol–water partition coefficient (Wildman–Crippen LogP) is 1.31. The lowest BCUT2D eigenvalue weighted by molar-refractivity contribution is 0.0383. The van der Waals surface area contributed by atoms with Gasteiger partial charge in [-0.1, -0.05) is 12.8 Å². The molecule has 0 heterocycles. The average molecular weight is 158 g/mol. The maximum Gasteiger partial charge on any atom is 0.0569 e. The highest BCUT2D eigenvalue weighted by Crippen LogP contribution is 2.27. The maximum absolute atomic E-state index is 9.51. The van der Waals surface area contributed by atoms with E-state index >= 15 is 0 Å². The fraction of sp³-hybridized carbons (Fsp3) is 1.00. The minimum absolute atomic E-state index is 0.154. The molecule has 2 nitrogen and oxygen atoms in total. The van der Waals surface area contributed by atoms with Crippen LogP contribution in [0.4, 0.5) is 0 Å². The van der Waals surface area contributed by atoms with Crippen LogP contribution in [0.1, 0.15) is 39.0 Å². The lowest BCUT2D eigenvalue weighted by Crippen LogP contribution is -2.27. The van der Waals surface area contributed by atoms with E-state index < -0.39 is 0 Å². The normalized spacial score (nSPS) is 35.2. The van der Waals surface area contributed by atoms with E-state index in [1.807, 2.05) is 0 Å². The Hall–Kier alpha value is -0.0800. The largest absolute Gasteiger partial charge is 0.393 e. The van der Waals surface area contributed by atoms with E-state index in [4.69, 9.17) is 5.11 Å². The molecule has 0 spiro atoms. The van der Waals surface area contributed by atoms with E-state index in [-0.39, 0.29) is 12.2 Å². The quantitative estimate of drug-likeness (QED) is 0.636. The molecule has 1 saturated carbocycles. The fourth-order valence-corrected chi connectivity index (χ4v) is 1.90. The van der Waals surface area contributed by atoms with Crippen LogP contribution in [0.15, 0.2) is 0 Å². The van der Waals surface area contributed by atoms with Gasteiger partial charge in [0, 0.05) is 0 Å². The Morgan fingerprint density at radius 2 is 2.00 bits per heavy atom. The van der Waals surface area contributed by atoms with Gasteiger partial charge in [0.25, 0.3) is 0 Å². The van der Waals surface area contributed by atoms with Crippen LogP contribution < -0.4 is 0 Å². The third-order valence-corrected chi connectivity index (χ3v) is 2.51. The molecule has 2 N–H and O–H groups in total. The molecule has 1 aliphatic rings. The summed E-state index contributed by atoms with van der Waals surface area (Å²) in [6, 6.07) is 0. The summed E-state index contributed by atoms with van der Waals surface area (Å²) in [6.07, 6.45) is 4.74. The Kier molecular flexibility index (Phi) is 3.34. The van der Waals surface area contributed by atoms with E-state index in [0.717, 1.165) is 25.7 Å². The highest BCUT2D eigenvalue weighted by Gasteiger charge is 2.23. The summed E-state index contributed by atoms with van der Waals surface area (Å²) in [7, 11) is 0. The monoisotopic (exact) mass is 158 g/mol. The van der Waals surface area contributed by atoms with Crippen molar-refractivity contribution in [3.05, 3.63) is 0 Å². The molecule has 0 radical (unpaired) electrons. The topological polar surface area (TPSA) is 40.5 Å². The minimum atomic E-state index is -0.257. The van der Waals surface area contributed by atoms with Crippen molar-refractivity contribution >= 4 is 0 Å². The van der Waals surface area contributed by atoms with Gasteiger partial charge in [0.2, 0.25) is 0 Å². The van der Waals surface area contributed by atoms with Crippen molar-refractivity contribution in [1.82, 2.24) is 0 Å². The van der Waals surface area contributed by atoms with Crippen LogP contribution >= 0.6 is 0 Å². The molecule has 2 heteroatoms. The van der Waals surface area contributed by atoms with Crippen molar-refractivity contribution in [2.24, 2.45) is 5.92 Å². The van der Waals surface area contributed by atoms with Crippen molar-refractivity contribution in [2.45, 2.75) is 51.2 Å². The summed E-state index contributed by atoms with van der Waals surface area (Å²) < 4.78 is 0. The molecule has 1 unspecified atom stereocenters.